The maximum Gasteiger partial charge on any atom is 0.222 e. The Hall–Kier alpha value is -2.04. The third-order valence-corrected chi connectivity index (χ3v) is 6.42. The number of hydrogen-bond acceptors (Lipinski definition) is 2. The van der Waals surface area contributed by atoms with Gasteiger partial charge in [-0.3, -0.25) is 4.79 Å². The summed E-state index contributed by atoms with van der Waals surface area (Å²) in [5, 5.41) is 3.45. The van der Waals surface area contributed by atoms with Crippen molar-refractivity contribution in [3.8, 4) is 0 Å². The Bertz CT molecular complexity index is 723. The second-order valence-electron chi connectivity index (χ2n) is 8.94. The van der Waals surface area contributed by atoms with Crippen molar-refractivity contribution in [2.24, 2.45) is 10.4 Å². The van der Waals surface area contributed by atoms with E-state index in [0.717, 1.165) is 32.0 Å². The molecule has 0 saturated carbocycles. The van der Waals surface area contributed by atoms with E-state index in [1.54, 1.807) is 0 Å². The molecule has 2 aliphatic heterocycles. The van der Waals surface area contributed by atoms with Crippen molar-refractivity contribution in [3.05, 3.63) is 35.4 Å². The van der Waals surface area contributed by atoms with Crippen molar-refractivity contribution in [1.29, 1.82) is 0 Å². The summed E-state index contributed by atoms with van der Waals surface area (Å²) in [5.74, 6) is 1.26. The molecule has 2 aliphatic rings. The SMILES string of the molecule is CCNC(=NCc1cccc(CN2CCCC2=O)c1)N1CC(C)(C)C1(C)C. The molecule has 2 heterocycles. The minimum Gasteiger partial charge on any atom is -0.356 e. The lowest BCUT2D eigenvalue weighted by atomic mass is 9.65. The first-order chi connectivity index (χ1) is 12.7. The van der Waals surface area contributed by atoms with E-state index in [2.05, 4.69) is 69.1 Å². The number of guanidine groups is 1. The van der Waals surface area contributed by atoms with Crippen LogP contribution in [0.15, 0.2) is 29.3 Å². The molecule has 3 rings (SSSR count). The van der Waals surface area contributed by atoms with Crippen molar-refractivity contribution < 1.29 is 4.79 Å². The van der Waals surface area contributed by atoms with E-state index in [-0.39, 0.29) is 16.9 Å². The Kier molecular flexibility index (Phi) is 5.50. The van der Waals surface area contributed by atoms with Crippen LogP contribution in [-0.2, 0) is 17.9 Å². The van der Waals surface area contributed by atoms with Gasteiger partial charge in [-0.2, -0.15) is 0 Å². The molecule has 0 spiro atoms. The van der Waals surface area contributed by atoms with Crippen LogP contribution in [-0.4, -0.2) is 46.8 Å². The molecule has 1 amide bonds. The maximum atomic E-state index is 11.9. The predicted octanol–water partition coefficient (Wildman–Crippen LogP) is 3.39. The van der Waals surface area contributed by atoms with Gasteiger partial charge in [0.15, 0.2) is 5.96 Å². The zero-order valence-corrected chi connectivity index (χ0v) is 17.5. The van der Waals surface area contributed by atoms with Gasteiger partial charge in [0.2, 0.25) is 5.91 Å². The lowest BCUT2D eigenvalue weighted by Gasteiger charge is -2.62. The molecule has 0 aromatic heterocycles. The maximum absolute atomic E-state index is 11.9. The van der Waals surface area contributed by atoms with Gasteiger partial charge in [0.05, 0.1) is 6.54 Å². The van der Waals surface area contributed by atoms with Gasteiger partial charge in [-0.05, 0) is 38.3 Å². The van der Waals surface area contributed by atoms with Crippen molar-refractivity contribution >= 4 is 11.9 Å². The van der Waals surface area contributed by atoms with Gasteiger partial charge in [-0.1, -0.05) is 38.1 Å². The molecule has 0 unspecified atom stereocenters. The number of rotatable bonds is 5. The average Bonchev–Trinajstić information content (AvgIpc) is 3.02. The molecule has 0 atom stereocenters. The summed E-state index contributed by atoms with van der Waals surface area (Å²) < 4.78 is 0. The number of aliphatic imine (C=N–C) groups is 1. The molecule has 2 fully saturated rings. The average molecular weight is 371 g/mol. The highest BCUT2D eigenvalue weighted by atomic mass is 16.2. The van der Waals surface area contributed by atoms with Crippen LogP contribution in [0.1, 0.15) is 58.6 Å². The van der Waals surface area contributed by atoms with E-state index in [1.807, 2.05) is 4.90 Å². The highest BCUT2D eigenvalue weighted by molar-refractivity contribution is 5.82. The van der Waals surface area contributed by atoms with Crippen LogP contribution in [0, 0.1) is 5.41 Å². The molecular formula is C22H34N4O. The van der Waals surface area contributed by atoms with Crippen LogP contribution in [0.3, 0.4) is 0 Å². The Balaban J connectivity index is 1.69. The standard InChI is InChI=1S/C22H34N4O/c1-6-23-20(26-16-21(2,3)22(26,4)5)24-14-17-9-7-10-18(13-17)15-25-12-8-11-19(25)27/h7,9-10,13H,6,8,11-12,14-16H2,1-5H3,(H,23,24). The van der Waals surface area contributed by atoms with Gasteiger partial charge in [-0.15, -0.1) is 0 Å². The van der Waals surface area contributed by atoms with E-state index < -0.39 is 0 Å². The molecule has 0 aliphatic carbocycles. The van der Waals surface area contributed by atoms with Gasteiger partial charge in [0, 0.05) is 43.6 Å². The van der Waals surface area contributed by atoms with Crippen LogP contribution in [0.2, 0.25) is 0 Å². The molecule has 1 aromatic carbocycles. The topological polar surface area (TPSA) is 47.9 Å². The zero-order valence-electron chi connectivity index (χ0n) is 17.5. The zero-order chi connectivity index (χ0) is 19.7. The number of nitrogens with one attached hydrogen (secondary N) is 1. The number of benzene rings is 1. The third-order valence-electron chi connectivity index (χ3n) is 6.42. The van der Waals surface area contributed by atoms with Gasteiger partial charge in [-0.25, -0.2) is 4.99 Å². The predicted molar refractivity (Wildman–Crippen MR) is 110 cm³/mol. The fraction of sp³-hybridized carbons (Fsp3) is 0.636. The second kappa shape index (κ2) is 7.53. The lowest BCUT2D eigenvalue weighted by molar-refractivity contribution is -0.128. The summed E-state index contributed by atoms with van der Waals surface area (Å²) in [6.07, 6.45) is 1.68. The Morgan fingerprint density at radius 1 is 1.22 bits per heavy atom. The number of carbonyl (C=O) groups is 1. The van der Waals surface area contributed by atoms with Crippen LogP contribution in [0.25, 0.3) is 0 Å². The van der Waals surface area contributed by atoms with E-state index in [9.17, 15) is 4.79 Å². The monoisotopic (exact) mass is 370 g/mol. The van der Waals surface area contributed by atoms with Crippen molar-refractivity contribution in [3.63, 3.8) is 0 Å². The van der Waals surface area contributed by atoms with Crippen molar-refractivity contribution in [2.45, 2.75) is 66.1 Å². The fourth-order valence-corrected chi connectivity index (χ4v) is 3.88. The highest BCUT2D eigenvalue weighted by Gasteiger charge is 2.53. The van der Waals surface area contributed by atoms with E-state index in [4.69, 9.17) is 4.99 Å². The smallest absolute Gasteiger partial charge is 0.222 e. The molecule has 1 N–H and O–H groups in total. The minimum absolute atomic E-state index is 0.0893. The quantitative estimate of drug-likeness (QED) is 0.638. The lowest BCUT2D eigenvalue weighted by Crippen LogP contribution is -2.72. The first-order valence-electron chi connectivity index (χ1n) is 10.2. The molecule has 5 nitrogen and oxygen atoms in total. The summed E-state index contributed by atoms with van der Waals surface area (Å²) in [6, 6.07) is 8.48. The second-order valence-corrected chi connectivity index (χ2v) is 8.94. The Morgan fingerprint density at radius 2 is 1.96 bits per heavy atom. The normalized spacial score (nSPS) is 21.4. The molecule has 2 saturated heterocycles. The van der Waals surface area contributed by atoms with E-state index in [1.165, 1.54) is 11.1 Å². The Morgan fingerprint density at radius 3 is 2.56 bits per heavy atom. The highest BCUT2D eigenvalue weighted by Crippen LogP contribution is 2.46. The van der Waals surface area contributed by atoms with Gasteiger partial charge in [0.25, 0.3) is 0 Å². The van der Waals surface area contributed by atoms with E-state index >= 15 is 0 Å². The molecule has 27 heavy (non-hydrogen) atoms. The molecule has 0 bridgehead atoms. The van der Waals surface area contributed by atoms with Crippen LogP contribution in [0.4, 0.5) is 0 Å². The van der Waals surface area contributed by atoms with Gasteiger partial charge >= 0.3 is 0 Å². The molecule has 148 valence electrons. The number of carbonyl (C=O) groups excluding carboxylic acids is 1. The third kappa shape index (κ3) is 3.97. The van der Waals surface area contributed by atoms with Gasteiger partial charge < -0.3 is 15.1 Å². The van der Waals surface area contributed by atoms with Crippen molar-refractivity contribution in [1.82, 2.24) is 15.1 Å². The summed E-state index contributed by atoms with van der Waals surface area (Å²) in [7, 11) is 0. The fourth-order valence-electron chi connectivity index (χ4n) is 3.88. The minimum atomic E-state index is 0.0893. The number of likely N-dealkylation sites (tertiary alicyclic amines) is 2. The summed E-state index contributed by atoms with van der Waals surface area (Å²) in [4.78, 5) is 21.1. The summed E-state index contributed by atoms with van der Waals surface area (Å²) in [6.45, 7) is 15.4. The molecule has 5 heteroatoms. The summed E-state index contributed by atoms with van der Waals surface area (Å²) in [5.41, 5.74) is 2.75. The van der Waals surface area contributed by atoms with Gasteiger partial charge in [0.1, 0.15) is 0 Å². The molecular weight excluding hydrogens is 336 g/mol. The Labute approximate surface area is 163 Å². The van der Waals surface area contributed by atoms with Crippen molar-refractivity contribution in [2.75, 3.05) is 19.6 Å². The molecule has 1 aromatic rings. The van der Waals surface area contributed by atoms with E-state index in [0.29, 0.717) is 19.5 Å². The first kappa shape index (κ1) is 19.7. The van der Waals surface area contributed by atoms with Crippen LogP contribution < -0.4 is 5.32 Å². The first-order valence-corrected chi connectivity index (χ1v) is 10.2. The molecule has 0 radical (unpaired) electrons. The number of hydrogen-bond donors (Lipinski definition) is 1. The number of amides is 1. The van der Waals surface area contributed by atoms with Crippen LogP contribution in [0.5, 0.6) is 0 Å². The number of nitrogens with zero attached hydrogens (tertiary/aromatic N) is 3. The summed E-state index contributed by atoms with van der Waals surface area (Å²) >= 11 is 0. The van der Waals surface area contributed by atoms with Crippen LogP contribution >= 0.6 is 0 Å². The largest absolute Gasteiger partial charge is 0.356 e.